The van der Waals surface area contributed by atoms with Crippen molar-refractivity contribution in [2.45, 2.75) is 44.4 Å². The molecule has 4 N–H and O–H groups in total. The first kappa shape index (κ1) is 17.8. The molecule has 0 aliphatic carbocycles. The lowest BCUT2D eigenvalue weighted by molar-refractivity contribution is -0.121. The summed E-state index contributed by atoms with van der Waals surface area (Å²) in [6.07, 6.45) is 1.35. The number of carbonyl (C=O) groups is 1. The Balaban J connectivity index is 1.45. The molecule has 0 aromatic heterocycles. The summed E-state index contributed by atoms with van der Waals surface area (Å²) in [4.78, 5) is 12.7. The van der Waals surface area contributed by atoms with Crippen LogP contribution in [0.4, 0.5) is 10.1 Å². The molecule has 3 heterocycles. The highest BCUT2D eigenvalue weighted by atomic mass is 19.1. The maximum absolute atomic E-state index is 14.5. The van der Waals surface area contributed by atoms with Gasteiger partial charge in [0.1, 0.15) is 5.82 Å². The monoisotopic (exact) mass is 381 g/mol. The molecule has 5 rings (SSSR count). The van der Waals surface area contributed by atoms with Crippen molar-refractivity contribution in [3.05, 3.63) is 64.5 Å². The lowest BCUT2D eigenvalue weighted by Crippen LogP contribution is -2.60. The Hall–Kier alpha value is -2.32. The largest absolute Gasteiger partial charge is 0.312 e. The van der Waals surface area contributed by atoms with Gasteiger partial charge in [0, 0.05) is 19.0 Å². The van der Waals surface area contributed by atoms with Gasteiger partial charge in [-0.15, -0.1) is 0 Å². The molecule has 6 nitrogen and oxygen atoms in total. The van der Waals surface area contributed by atoms with E-state index in [1.54, 1.807) is 6.07 Å². The molecule has 146 valence electrons. The molecule has 3 aliphatic rings. The fourth-order valence-electron chi connectivity index (χ4n) is 4.53. The number of aryl methyl sites for hydroxylation is 1. The maximum atomic E-state index is 14.5. The zero-order valence-corrected chi connectivity index (χ0v) is 15.8. The van der Waals surface area contributed by atoms with Crippen LogP contribution in [-0.4, -0.2) is 24.5 Å². The molecule has 0 radical (unpaired) electrons. The van der Waals surface area contributed by atoms with Crippen LogP contribution in [0.15, 0.2) is 36.4 Å². The molecule has 2 aromatic rings. The summed E-state index contributed by atoms with van der Waals surface area (Å²) < 4.78 is 14.5. The number of hydrazine groups is 2. The summed E-state index contributed by atoms with van der Waals surface area (Å²) in [7, 11) is 0. The van der Waals surface area contributed by atoms with Gasteiger partial charge in [-0.1, -0.05) is 30.3 Å². The quantitative estimate of drug-likeness (QED) is 0.637. The molecule has 28 heavy (non-hydrogen) atoms. The van der Waals surface area contributed by atoms with Crippen LogP contribution in [-0.2, 0) is 17.8 Å². The Morgan fingerprint density at radius 3 is 2.89 bits per heavy atom. The fraction of sp³-hybridized carbons (Fsp3) is 0.381. The summed E-state index contributed by atoms with van der Waals surface area (Å²) in [6, 6.07) is 11.3. The average Bonchev–Trinajstić information content (AvgIpc) is 3.10. The highest BCUT2D eigenvalue weighted by molar-refractivity contribution is 5.94. The van der Waals surface area contributed by atoms with Gasteiger partial charge in [0.15, 0.2) is 0 Å². The Kier molecular flexibility index (Phi) is 4.40. The minimum absolute atomic E-state index is 0.0140. The first-order valence-electron chi connectivity index (χ1n) is 9.79. The van der Waals surface area contributed by atoms with Crippen LogP contribution >= 0.6 is 0 Å². The van der Waals surface area contributed by atoms with Crippen LogP contribution in [0.3, 0.4) is 0 Å². The summed E-state index contributed by atoms with van der Waals surface area (Å²) in [5, 5.41) is 4.81. The second-order valence-corrected chi connectivity index (χ2v) is 7.82. The van der Waals surface area contributed by atoms with Gasteiger partial charge in [-0.3, -0.25) is 10.2 Å². The van der Waals surface area contributed by atoms with E-state index in [9.17, 15) is 9.18 Å². The van der Waals surface area contributed by atoms with Crippen LogP contribution in [0.1, 0.15) is 34.7 Å². The number of hydrogen-bond donors (Lipinski definition) is 4. The first-order chi connectivity index (χ1) is 13.6. The van der Waals surface area contributed by atoms with Crippen LogP contribution in [0.2, 0.25) is 0 Å². The van der Waals surface area contributed by atoms with Crippen molar-refractivity contribution < 1.29 is 9.18 Å². The SMILES string of the molecule is Cc1cccc(F)c1N1NC2C(CC1=O)NNC2c1ccc2c(c1)CNCC2. The number of amides is 1. The number of halogens is 1. The average molecular weight is 381 g/mol. The summed E-state index contributed by atoms with van der Waals surface area (Å²) in [5.74, 6) is -0.534. The van der Waals surface area contributed by atoms with Crippen LogP contribution in [0.5, 0.6) is 0 Å². The molecule has 2 aromatic carbocycles. The lowest BCUT2D eigenvalue weighted by Gasteiger charge is -2.37. The van der Waals surface area contributed by atoms with Gasteiger partial charge in [0.2, 0.25) is 5.91 Å². The van der Waals surface area contributed by atoms with Crippen LogP contribution < -0.4 is 26.6 Å². The third-order valence-electron chi connectivity index (χ3n) is 6.03. The third kappa shape index (κ3) is 2.91. The van der Waals surface area contributed by atoms with Crippen molar-refractivity contribution in [1.82, 2.24) is 21.6 Å². The number of anilines is 1. The van der Waals surface area contributed by atoms with E-state index in [4.69, 9.17) is 0 Å². The summed E-state index contributed by atoms with van der Waals surface area (Å²) in [6.45, 7) is 3.71. The second kappa shape index (κ2) is 6.93. The van der Waals surface area contributed by atoms with Gasteiger partial charge >= 0.3 is 0 Å². The van der Waals surface area contributed by atoms with E-state index < -0.39 is 5.82 Å². The van der Waals surface area contributed by atoms with Crippen molar-refractivity contribution >= 4 is 11.6 Å². The zero-order valence-electron chi connectivity index (χ0n) is 15.8. The highest BCUT2D eigenvalue weighted by Gasteiger charge is 2.44. The van der Waals surface area contributed by atoms with Crippen molar-refractivity contribution in [1.29, 1.82) is 0 Å². The molecule has 2 fully saturated rings. The van der Waals surface area contributed by atoms with E-state index in [1.165, 1.54) is 22.2 Å². The number of fused-ring (bicyclic) bond motifs is 2. The lowest BCUT2D eigenvalue weighted by atomic mass is 9.90. The van der Waals surface area contributed by atoms with Gasteiger partial charge in [0.25, 0.3) is 0 Å². The van der Waals surface area contributed by atoms with Gasteiger partial charge < -0.3 is 5.32 Å². The summed E-state index contributed by atoms with van der Waals surface area (Å²) >= 11 is 0. The van der Waals surface area contributed by atoms with E-state index >= 15 is 0 Å². The number of nitrogens with zero attached hydrogens (tertiary/aromatic N) is 1. The van der Waals surface area contributed by atoms with E-state index in [0.29, 0.717) is 12.1 Å². The molecule has 3 atom stereocenters. The molecule has 2 saturated heterocycles. The molecule has 0 saturated carbocycles. The molecule has 1 amide bonds. The predicted octanol–water partition coefficient (Wildman–Crippen LogP) is 1.61. The molecule has 3 aliphatic heterocycles. The minimum atomic E-state index is -0.394. The van der Waals surface area contributed by atoms with E-state index in [1.807, 2.05) is 13.0 Å². The Morgan fingerprint density at radius 2 is 2.04 bits per heavy atom. The predicted molar refractivity (Wildman–Crippen MR) is 105 cm³/mol. The molecule has 3 unspecified atom stereocenters. The first-order valence-corrected chi connectivity index (χ1v) is 9.79. The minimum Gasteiger partial charge on any atom is -0.312 e. The number of benzene rings is 2. The van der Waals surface area contributed by atoms with E-state index in [2.05, 4.69) is 39.8 Å². The Morgan fingerprint density at radius 1 is 1.14 bits per heavy atom. The van der Waals surface area contributed by atoms with Crippen molar-refractivity contribution in [3.8, 4) is 0 Å². The van der Waals surface area contributed by atoms with Crippen LogP contribution in [0.25, 0.3) is 0 Å². The van der Waals surface area contributed by atoms with Gasteiger partial charge in [-0.2, -0.15) is 0 Å². The van der Waals surface area contributed by atoms with Crippen molar-refractivity contribution in [3.63, 3.8) is 0 Å². The normalized spacial score (nSPS) is 26.9. The van der Waals surface area contributed by atoms with E-state index in [-0.39, 0.29) is 24.0 Å². The fourth-order valence-corrected chi connectivity index (χ4v) is 4.53. The molecular weight excluding hydrogens is 357 g/mol. The molecule has 7 heteroatoms. The van der Waals surface area contributed by atoms with Crippen molar-refractivity contribution in [2.24, 2.45) is 0 Å². The number of carbonyl (C=O) groups excluding carboxylic acids is 1. The third-order valence-corrected chi connectivity index (χ3v) is 6.03. The Labute approximate surface area is 163 Å². The van der Waals surface area contributed by atoms with E-state index in [0.717, 1.165) is 30.6 Å². The number of rotatable bonds is 2. The smallest absolute Gasteiger partial charge is 0.243 e. The van der Waals surface area contributed by atoms with Crippen LogP contribution in [0, 0.1) is 12.7 Å². The highest BCUT2D eigenvalue weighted by Crippen LogP contribution is 2.32. The van der Waals surface area contributed by atoms with Gasteiger partial charge in [0.05, 0.1) is 17.8 Å². The second-order valence-electron chi connectivity index (χ2n) is 7.82. The number of nitrogens with one attached hydrogen (secondary N) is 4. The van der Waals surface area contributed by atoms with Gasteiger partial charge in [-0.05, 0) is 48.2 Å². The standard InChI is InChI=1S/C21H24FN5O/c1-12-3-2-4-16(22)21(12)27-18(28)10-17-20(26-27)19(25-24-17)14-6-5-13-7-8-23-11-15(13)9-14/h2-6,9,17,19-20,23-26H,7-8,10-11H2,1H3. The Bertz CT molecular complexity index is 913. The summed E-state index contributed by atoms with van der Waals surface area (Å²) in [5.41, 5.74) is 14.8. The number of para-hydroxylation sites is 1. The maximum Gasteiger partial charge on any atom is 0.243 e. The topological polar surface area (TPSA) is 68.4 Å². The number of hydrogen-bond acceptors (Lipinski definition) is 5. The molecular formula is C21H24FN5O. The zero-order chi connectivity index (χ0) is 19.3. The van der Waals surface area contributed by atoms with Gasteiger partial charge in [-0.25, -0.2) is 20.3 Å². The molecule has 0 spiro atoms. The molecule has 0 bridgehead atoms. The van der Waals surface area contributed by atoms with Crippen molar-refractivity contribution in [2.75, 3.05) is 11.6 Å².